The minimum absolute atomic E-state index is 0.0859. The molecule has 3 aromatic carbocycles. The van der Waals surface area contributed by atoms with Crippen LogP contribution >= 0.6 is 0 Å². The maximum atomic E-state index is 12.0. The Morgan fingerprint density at radius 1 is 1.00 bits per heavy atom. The van der Waals surface area contributed by atoms with Crippen molar-refractivity contribution in [3.05, 3.63) is 102 Å². The Kier molecular flexibility index (Phi) is 6.67. The summed E-state index contributed by atoms with van der Waals surface area (Å²) in [5, 5.41) is 16.5. The summed E-state index contributed by atoms with van der Waals surface area (Å²) in [5.74, 6) is 0.692. The number of hydrogen-bond acceptors (Lipinski definition) is 7. The summed E-state index contributed by atoms with van der Waals surface area (Å²) in [6, 6.07) is 26.1. The normalized spacial score (nSPS) is 13.7. The number of ether oxygens (including phenoxy) is 1. The lowest BCUT2D eigenvalue weighted by Gasteiger charge is -2.14. The highest BCUT2D eigenvalue weighted by molar-refractivity contribution is 5.77. The molecule has 0 saturated heterocycles. The lowest BCUT2D eigenvalue weighted by molar-refractivity contribution is -0.150. The molecule has 1 unspecified atom stereocenters. The van der Waals surface area contributed by atoms with Crippen LogP contribution in [0.25, 0.3) is 28.1 Å². The number of carbonyl (C=O) groups is 1. The van der Waals surface area contributed by atoms with Crippen LogP contribution in [0.2, 0.25) is 0 Å². The van der Waals surface area contributed by atoms with E-state index in [2.05, 4.69) is 44.9 Å². The van der Waals surface area contributed by atoms with Crippen molar-refractivity contribution in [2.45, 2.75) is 39.3 Å². The van der Waals surface area contributed by atoms with E-state index in [4.69, 9.17) is 9.26 Å². The van der Waals surface area contributed by atoms with Crippen LogP contribution in [0, 0.1) is 12.8 Å². The van der Waals surface area contributed by atoms with Crippen molar-refractivity contribution in [2.75, 3.05) is 5.32 Å². The molecular weight excluding hydrogens is 490 g/mol. The molecular formula is C31H29N5O3. The highest BCUT2D eigenvalue weighted by atomic mass is 16.5. The van der Waals surface area contributed by atoms with Crippen molar-refractivity contribution >= 4 is 11.7 Å². The van der Waals surface area contributed by atoms with Gasteiger partial charge in [-0.25, -0.2) is 0 Å². The molecule has 8 heteroatoms. The molecule has 196 valence electrons. The molecule has 1 N–H and O–H groups in total. The molecule has 1 fully saturated rings. The second-order valence-electron chi connectivity index (χ2n) is 9.84. The number of nitrogens with zero attached hydrogens (tertiary/aromatic N) is 4. The zero-order chi connectivity index (χ0) is 26.8. The Morgan fingerprint density at radius 2 is 1.67 bits per heavy atom. The molecule has 0 aliphatic heterocycles. The zero-order valence-corrected chi connectivity index (χ0v) is 21.9. The van der Waals surface area contributed by atoms with Crippen molar-refractivity contribution in [3.8, 4) is 28.1 Å². The van der Waals surface area contributed by atoms with Crippen LogP contribution in [0.5, 0.6) is 0 Å². The van der Waals surface area contributed by atoms with Crippen LogP contribution in [0.15, 0.2) is 89.6 Å². The number of esters is 1. The molecule has 2 heterocycles. The molecule has 6 rings (SSSR count). The van der Waals surface area contributed by atoms with Gasteiger partial charge >= 0.3 is 5.97 Å². The highest BCUT2D eigenvalue weighted by Gasteiger charge is 2.32. The first-order valence-corrected chi connectivity index (χ1v) is 13.1. The molecule has 1 aliphatic carbocycles. The van der Waals surface area contributed by atoms with Gasteiger partial charge in [0.15, 0.2) is 5.76 Å². The van der Waals surface area contributed by atoms with Gasteiger partial charge in [0, 0.05) is 5.56 Å². The predicted octanol–water partition coefficient (Wildman–Crippen LogP) is 6.52. The molecule has 8 nitrogen and oxygen atoms in total. The number of rotatable bonds is 9. The van der Waals surface area contributed by atoms with Gasteiger partial charge in [0.2, 0.25) is 0 Å². The topological polar surface area (TPSA) is 95.1 Å². The molecule has 39 heavy (non-hydrogen) atoms. The van der Waals surface area contributed by atoms with Crippen LogP contribution in [0.3, 0.4) is 0 Å². The van der Waals surface area contributed by atoms with Gasteiger partial charge in [-0.1, -0.05) is 71.9 Å². The largest absolute Gasteiger partial charge is 0.458 e. The summed E-state index contributed by atoms with van der Waals surface area (Å²) in [6.07, 6.45) is 3.39. The Hall–Kier alpha value is -4.72. The van der Waals surface area contributed by atoms with Gasteiger partial charge in [0.05, 0.1) is 24.3 Å². The van der Waals surface area contributed by atoms with Gasteiger partial charge in [0.1, 0.15) is 23.2 Å². The van der Waals surface area contributed by atoms with Crippen molar-refractivity contribution in [2.24, 2.45) is 5.92 Å². The van der Waals surface area contributed by atoms with Crippen molar-refractivity contribution in [3.63, 3.8) is 0 Å². The van der Waals surface area contributed by atoms with E-state index >= 15 is 0 Å². The van der Waals surface area contributed by atoms with E-state index in [1.807, 2.05) is 68.4 Å². The second-order valence-corrected chi connectivity index (χ2v) is 9.84. The molecule has 2 aromatic heterocycles. The van der Waals surface area contributed by atoms with E-state index < -0.39 is 0 Å². The monoisotopic (exact) mass is 519 g/mol. The first kappa shape index (κ1) is 24.6. The first-order valence-electron chi connectivity index (χ1n) is 13.1. The summed E-state index contributed by atoms with van der Waals surface area (Å²) >= 11 is 0. The fraction of sp³-hybridized carbons (Fsp3) is 0.226. The van der Waals surface area contributed by atoms with E-state index in [0.29, 0.717) is 12.3 Å². The van der Waals surface area contributed by atoms with Gasteiger partial charge in [-0.2, -0.15) is 15.0 Å². The Labute approximate surface area is 226 Å². The van der Waals surface area contributed by atoms with Crippen LogP contribution in [-0.2, 0) is 16.1 Å². The van der Waals surface area contributed by atoms with E-state index in [0.717, 1.165) is 57.9 Å². The molecule has 5 aromatic rings. The molecule has 1 saturated carbocycles. The van der Waals surface area contributed by atoms with Crippen LogP contribution in [-0.4, -0.2) is 26.1 Å². The number of hydrogen-bond donors (Lipinski definition) is 1. The minimum atomic E-state index is -0.252. The first-order chi connectivity index (χ1) is 19.0. The third-order valence-corrected chi connectivity index (χ3v) is 6.90. The minimum Gasteiger partial charge on any atom is -0.458 e. The zero-order valence-electron chi connectivity index (χ0n) is 21.9. The third-order valence-electron chi connectivity index (χ3n) is 6.90. The molecule has 0 bridgehead atoms. The number of nitrogens with one attached hydrogen (secondary N) is 1. The van der Waals surface area contributed by atoms with E-state index in [9.17, 15) is 4.79 Å². The van der Waals surface area contributed by atoms with Crippen LogP contribution in [0.4, 0.5) is 5.69 Å². The number of para-hydroxylation sites is 1. The van der Waals surface area contributed by atoms with E-state index in [1.165, 1.54) is 0 Å². The van der Waals surface area contributed by atoms with E-state index in [1.54, 1.807) is 11.0 Å². The Balaban J connectivity index is 1.13. The molecule has 1 atom stereocenters. The van der Waals surface area contributed by atoms with Crippen molar-refractivity contribution < 1.29 is 14.1 Å². The van der Waals surface area contributed by atoms with Crippen molar-refractivity contribution in [1.29, 1.82) is 0 Å². The third kappa shape index (κ3) is 5.45. The van der Waals surface area contributed by atoms with Crippen LogP contribution in [0.1, 0.15) is 42.8 Å². The highest BCUT2D eigenvalue weighted by Crippen LogP contribution is 2.34. The summed E-state index contributed by atoms with van der Waals surface area (Å²) in [7, 11) is 0. The lowest BCUT2D eigenvalue weighted by atomic mass is 10.0. The molecule has 0 spiro atoms. The van der Waals surface area contributed by atoms with Gasteiger partial charge in [0.25, 0.3) is 0 Å². The van der Waals surface area contributed by atoms with Crippen molar-refractivity contribution in [1.82, 2.24) is 20.2 Å². The van der Waals surface area contributed by atoms with Gasteiger partial charge in [-0.05, 0) is 55.5 Å². The van der Waals surface area contributed by atoms with Gasteiger partial charge in [-0.3, -0.25) is 4.79 Å². The van der Waals surface area contributed by atoms with Gasteiger partial charge < -0.3 is 14.6 Å². The number of anilines is 1. The summed E-state index contributed by atoms with van der Waals surface area (Å²) in [6.45, 7) is 4.32. The SMILES string of the molecule is Cc1noc(-c2ccc(-c3ccc(C(C)OC(=O)C4CC4)cc3)cc2)c1NCc1cnn(-c2ccccc2)n1. The number of aryl methyl sites for hydroxylation is 1. The standard InChI is InChI=1S/C31H29N5O3/c1-20-29(32-18-27-19-33-36(34-27)28-6-4-3-5-7-28)30(39-35-20)25-14-12-24(13-15-25)23-10-8-22(9-11-23)21(2)38-31(37)26-16-17-26/h3-15,19,21,26,32H,16-18H2,1-2H3. The number of aromatic nitrogens is 4. The molecule has 0 amide bonds. The lowest BCUT2D eigenvalue weighted by Crippen LogP contribution is -2.10. The summed E-state index contributed by atoms with van der Waals surface area (Å²) in [4.78, 5) is 13.6. The maximum Gasteiger partial charge on any atom is 0.309 e. The number of benzene rings is 3. The maximum absolute atomic E-state index is 12.0. The fourth-order valence-corrected chi connectivity index (χ4v) is 4.43. The Bertz CT molecular complexity index is 1570. The Morgan fingerprint density at radius 3 is 2.36 bits per heavy atom. The van der Waals surface area contributed by atoms with E-state index in [-0.39, 0.29) is 18.0 Å². The van der Waals surface area contributed by atoms with Crippen LogP contribution < -0.4 is 5.32 Å². The van der Waals surface area contributed by atoms with Gasteiger partial charge in [-0.15, -0.1) is 0 Å². The number of carbonyl (C=O) groups excluding carboxylic acids is 1. The molecule has 1 aliphatic rings. The molecule has 0 radical (unpaired) electrons. The predicted molar refractivity (Wildman–Crippen MR) is 148 cm³/mol. The fourth-order valence-electron chi connectivity index (χ4n) is 4.43. The summed E-state index contributed by atoms with van der Waals surface area (Å²) in [5.41, 5.74) is 7.39. The summed E-state index contributed by atoms with van der Waals surface area (Å²) < 4.78 is 11.3. The second kappa shape index (κ2) is 10.6. The average Bonchev–Trinajstić information content (AvgIpc) is 3.62. The smallest absolute Gasteiger partial charge is 0.309 e. The quantitative estimate of drug-likeness (QED) is 0.221. The average molecular weight is 520 g/mol.